The number of benzene rings is 2. The normalized spacial score (nSPS) is 13.0. The molecule has 0 amide bonds. The van der Waals surface area contributed by atoms with Crippen LogP contribution in [0.2, 0.25) is 5.02 Å². The SMILES string of the molecule is Cc1ccc(C[C@H](C(=O)O)N(C)S(=O)(=O)c2ccc(Cl)cc2)cc1C. The van der Waals surface area contributed by atoms with Gasteiger partial charge < -0.3 is 5.11 Å². The number of carbonyl (C=O) groups is 1. The predicted molar refractivity (Wildman–Crippen MR) is 97.4 cm³/mol. The van der Waals surface area contributed by atoms with E-state index in [1.807, 2.05) is 32.0 Å². The van der Waals surface area contributed by atoms with Crippen molar-refractivity contribution in [2.24, 2.45) is 0 Å². The zero-order chi connectivity index (χ0) is 18.8. The fraction of sp³-hybridized carbons (Fsp3) is 0.278. The zero-order valence-corrected chi connectivity index (χ0v) is 15.8. The van der Waals surface area contributed by atoms with Crippen molar-refractivity contribution < 1.29 is 18.3 Å². The van der Waals surface area contributed by atoms with Crippen molar-refractivity contribution in [1.82, 2.24) is 4.31 Å². The van der Waals surface area contributed by atoms with Gasteiger partial charge in [0.05, 0.1) is 4.90 Å². The molecule has 0 saturated heterocycles. The molecule has 0 aromatic heterocycles. The van der Waals surface area contributed by atoms with Crippen LogP contribution in [0.25, 0.3) is 0 Å². The first-order valence-corrected chi connectivity index (χ1v) is 9.47. The number of aliphatic carboxylic acids is 1. The standard InChI is InChI=1S/C18H20ClNO4S/c1-12-4-5-14(10-13(12)2)11-17(18(21)22)20(3)25(23,24)16-8-6-15(19)7-9-16/h4-10,17H,11H2,1-3H3,(H,21,22)/t17-/m1/s1. The maximum absolute atomic E-state index is 12.7. The Labute approximate surface area is 152 Å². The third-order valence-electron chi connectivity index (χ3n) is 4.21. The van der Waals surface area contributed by atoms with E-state index in [1.165, 1.54) is 31.3 Å². The molecular formula is C18H20ClNO4S. The van der Waals surface area contributed by atoms with Crippen molar-refractivity contribution in [2.75, 3.05) is 7.05 Å². The average molecular weight is 382 g/mol. The lowest BCUT2D eigenvalue weighted by Gasteiger charge is -2.24. The number of nitrogens with zero attached hydrogens (tertiary/aromatic N) is 1. The Morgan fingerprint density at radius 1 is 1.12 bits per heavy atom. The fourth-order valence-electron chi connectivity index (χ4n) is 2.47. The molecule has 1 N–H and O–H groups in total. The van der Waals surface area contributed by atoms with Gasteiger partial charge in [0, 0.05) is 12.1 Å². The molecule has 2 rings (SSSR count). The summed E-state index contributed by atoms with van der Waals surface area (Å²) >= 11 is 5.79. The molecule has 0 spiro atoms. The maximum Gasteiger partial charge on any atom is 0.322 e. The minimum Gasteiger partial charge on any atom is -0.480 e. The Balaban J connectivity index is 2.33. The zero-order valence-electron chi connectivity index (χ0n) is 14.2. The number of aryl methyl sites for hydroxylation is 2. The van der Waals surface area contributed by atoms with Crippen LogP contribution in [0.4, 0.5) is 0 Å². The summed E-state index contributed by atoms with van der Waals surface area (Å²) in [4.78, 5) is 11.7. The van der Waals surface area contributed by atoms with E-state index in [0.29, 0.717) is 5.02 Å². The highest BCUT2D eigenvalue weighted by Crippen LogP contribution is 2.21. The number of hydrogen-bond donors (Lipinski definition) is 1. The molecule has 0 fully saturated rings. The number of rotatable bonds is 6. The van der Waals surface area contributed by atoms with Crippen LogP contribution in [0.15, 0.2) is 47.4 Å². The lowest BCUT2D eigenvalue weighted by atomic mass is 10.0. The van der Waals surface area contributed by atoms with Gasteiger partial charge in [0.25, 0.3) is 0 Å². The molecule has 0 aliphatic heterocycles. The summed E-state index contributed by atoms with van der Waals surface area (Å²) in [5, 5.41) is 9.96. The van der Waals surface area contributed by atoms with Gasteiger partial charge in [0.2, 0.25) is 10.0 Å². The minimum atomic E-state index is -3.94. The van der Waals surface area contributed by atoms with Crippen molar-refractivity contribution in [3.8, 4) is 0 Å². The summed E-state index contributed by atoms with van der Waals surface area (Å²) in [6, 6.07) is 10.0. The molecule has 0 bridgehead atoms. The van der Waals surface area contributed by atoms with E-state index in [-0.39, 0.29) is 11.3 Å². The minimum absolute atomic E-state index is 0.00531. The van der Waals surface area contributed by atoms with Crippen LogP contribution in [0, 0.1) is 13.8 Å². The van der Waals surface area contributed by atoms with Gasteiger partial charge in [-0.15, -0.1) is 0 Å². The molecule has 0 radical (unpaired) electrons. The molecular weight excluding hydrogens is 362 g/mol. The van der Waals surface area contributed by atoms with Crippen molar-refractivity contribution in [2.45, 2.75) is 31.2 Å². The van der Waals surface area contributed by atoms with Crippen molar-refractivity contribution >= 4 is 27.6 Å². The van der Waals surface area contributed by atoms with Gasteiger partial charge in [0.15, 0.2) is 0 Å². The Morgan fingerprint density at radius 2 is 1.72 bits per heavy atom. The third kappa shape index (κ3) is 4.39. The number of hydrogen-bond acceptors (Lipinski definition) is 3. The topological polar surface area (TPSA) is 74.7 Å². The number of carboxylic acids is 1. The van der Waals surface area contributed by atoms with Crippen LogP contribution in [0.3, 0.4) is 0 Å². The Bertz CT molecular complexity index is 878. The van der Waals surface area contributed by atoms with Crippen LogP contribution in [-0.4, -0.2) is 36.9 Å². The molecule has 25 heavy (non-hydrogen) atoms. The van der Waals surface area contributed by atoms with E-state index < -0.39 is 22.0 Å². The predicted octanol–water partition coefficient (Wildman–Crippen LogP) is 3.27. The summed E-state index contributed by atoms with van der Waals surface area (Å²) in [6.07, 6.45) is 0.0831. The quantitative estimate of drug-likeness (QED) is 0.833. The van der Waals surface area contributed by atoms with Crippen LogP contribution < -0.4 is 0 Å². The van der Waals surface area contributed by atoms with E-state index in [2.05, 4.69) is 0 Å². The fourth-order valence-corrected chi connectivity index (χ4v) is 3.90. The van der Waals surface area contributed by atoms with Gasteiger partial charge in [-0.25, -0.2) is 8.42 Å². The lowest BCUT2D eigenvalue weighted by molar-refractivity contribution is -0.141. The van der Waals surface area contributed by atoms with E-state index >= 15 is 0 Å². The van der Waals surface area contributed by atoms with E-state index in [9.17, 15) is 18.3 Å². The average Bonchev–Trinajstić information content (AvgIpc) is 2.55. The molecule has 1 atom stereocenters. The number of sulfonamides is 1. The number of carboxylic acid groups (broad SMARTS) is 1. The van der Waals surface area contributed by atoms with Gasteiger partial charge >= 0.3 is 5.97 Å². The van der Waals surface area contributed by atoms with Gasteiger partial charge in [-0.3, -0.25) is 4.79 Å². The molecule has 5 nitrogen and oxygen atoms in total. The van der Waals surface area contributed by atoms with E-state index in [4.69, 9.17) is 11.6 Å². The highest BCUT2D eigenvalue weighted by atomic mass is 35.5. The Kier molecular flexibility index (Phi) is 5.87. The van der Waals surface area contributed by atoms with E-state index in [0.717, 1.165) is 21.0 Å². The molecule has 7 heteroatoms. The molecule has 0 aliphatic rings. The van der Waals surface area contributed by atoms with Crippen LogP contribution in [0.1, 0.15) is 16.7 Å². The molecule has 134 valence electrons. The number of likely N-dealkylation sites (N-methyl/N-ethyl adjacent to an activating group) is 1. The second-order valence-electron chi connectivity index (χ2n) is 5.95. The molecule has 2 aromatic rings. The van der Waals surface area contributed by atoms with Crippen molar-refractivity contribution in [3.63, 3.8) is 0 Å². The first kappa shape index (κ1) is 19.4. The Morgan fingerprint density at radius 3 is 2.24 bits per heavy atom. The second kappa shape index (κ2) is 7.56. The van der Waals surface area contributed by atoms with Crippen LogP contribution >= 0.6 is 11.6 Å². The second-order valence-corrected chi connectivity index (χ2v) is 8.39. The maximum atomic E-state index is 12.7. The van der Waals surface area contributed by atoms with Crippen molar-refractivity contribution in [1.29, 1.82) is 0 Å². The third-order valence-corrected chi connectivity index (χ3v) is 6.35. The highest BCUT2D eigenvalue weighted by molar-refractivity contribution is 7.89. The summed E-state index contributed by atoms with van der Waals surface area (Å²) < 4.78 is 26.3. The summed E-state index contributed by atoms with van der Waals surface area (Å²) in [7, 11) is -2.66. The first-order valence-electron chi connectivity index (χ1n) is 7.65. The van der Waals surface area contributed by atoms with Gasteiger partial charge in [-0.2, -0.15) is 4.31 Å². The van der Waals surface area contributed by atoms with Crippen LogP contribution in [0.5, 0.6) is 0 Å². The van der Waals surface area contributed by atoms with Crippen molar-refractivity contribution in [3.05, 3.63) is 64.2 Å². The summed E-state index contributed by atoms with van der Waals surface area (Å²) in [5.41, 5.74) is 2.90. The molecule has 2 aromatic carbocycles. The number of halogens is 1. The lowest BCUT2D eigenvalue weighted by Crippen LogP contribution is -2.43. The van der Waals surface area contributed by atoms with Gasteiger partial charge in [-0.1, -0.05) is 29.8 Å². The molecule has 0 heterocycles. The van der Waals surface area contributed by atoms with Gasteiger partial charge in [0.1, 0.15) is 6.04 Å². The smallest absolute Gasteiger partial charge is 0.322 e. The van der Waals surface area contributed by atoms with E-state index in [1.54, 1.807) is 0 Å². The Hall–Kier alpha value is -1.89. The first-order chi connectivity index (χ1) is 11.6. The summed E-state index contributed by atoms with van der Waals surface area (Å²) in [6.45, 7) is 3.90. The largest absolute Gasteiger partial charge is 0.480 e. The highest BCUT2D eigenvalue weighted by Gasteiger charge is 2.33. The molecule has 0 unspecified atom stereocenters. The summed E-state index contributed by atoms with van der Waals surface area (Å²) in [5.74, 6) is -1.20. The van der Waals surface area contributed by atoms with Crippen LogP contribution in [-0.2, 0) is 21.2 Å². The van der Waals surface area contributed by atoms with Gasteiger partial charge in [-0.05, 0) is 61.2 Å². The monoisotopic (exact) mass is 381 g/mol. The molecule has 0 aliphatic carbocycles. The molecule has 0 saturated carbocycles.